The molecule has 132 valence electrons. The van der Waals surface area contributed by atoms with E-state index in [0.29, 0.717) is 17.9 Å². The summed E-state index contributed by atoms with van der Waals surface area (Å²) in [5, 5.41) is 4.70. The summed E-state index contributed by atoms with van der Waals surface area (Å²) < 4.78 is 1.65. The third-order valence-corrected chi connectivity index (χ3v) is 5.22. The van der Waals surface area contributed by atoms with Gasteiger partial charge in [-0.25, -0.2) is 4.98 Å². The van der Waals surface area contributed by atoms with Crippen LogP contribution in [0.3, 0.4) is 0 Å². The number of anilines is 1. The fourth-order valence-electron chi connectivity index (χ4n) is 3.87. The van der Waals surface area contributed by atoms with Crippen molar-refractivity contribution in [3.05, 3.63) is 83.6 Å². The van der Waals surface area contributed by atoms with Crippen molar-refractivity contribution in [1.29, 1.82) is 0 Å². The first-order chi connectivity index (χ1) is 13.2. The Hall–Kier alpha value is -3.47. The lowest BCUT2D eigenvalue weighted by molar-refractivity contribution is 0.0963. The summed E-state index contributed by atoms with van der Waals surface area (Å²) in [4.78, 5) is 17.4. The predicted molar refractivity (Wildman–Crippen MR) is 105 cm³/mol. The first-order valence-electron chi connectivity index (χ1n) is 9.02. The fraction of sp³-hybridized carbons (Fsp3) is 0.136. The molecular formula is C22H18N4O. The Morgan fingerprint density at radius 2 is 1.67 bits per heavy atom. The molecule has 0 aliphatic heterocycles. The number of nitrogens with zero attached hydrogens (tertiary/aromatic N) is 3. The average molecular weight is 354 g/mol. The maximum absolute atomic E-state index is 12.9. The number of imidazole rings is 1. The maximum Gasteiger partial charge on any atom is 0.222 e. The van der Waals surface area contributed by atoms with Crippen molar-refractivity contribution in [2.24, 2.45) is 0 Å². The van der Waals surface area contributed by atoms with E-state index in [1.165, 1.54) is 5.56 Å². The zero-order valence-corrected chi connectivity index (χ0v) is 14.7. The van der Waals surface area contributed by atoms with Crippen molar-refractivity contribution in [1.82, 2.24) is 14.6 Å². The number of carbonyl (C=O) groups is 1. The Bertz CT molecular complexity index is 1150. The van der Waals surface area contributed by atoms with Crippen molar-refractivity contribution in [2.45, 2.75) is 18.8 Å². The minimum atomic E-state index is 0.124. The monoisotopic (exact) mass is 354 g/mol. The normalized spacial score (nSPS) is 16.4. The van der Waals surface area contributed by atoms with Crippen molar-refractivity contribution in [2.75, 3.05) is 5.73 Å². The van der Waals surface area contributed by atoms with Crippen LogP contribution in [0.2, 0.25) is 0 Å². The number of hydrogen-bond donors (Lipinski definition) is 1. The number of fused-ring (bicyclic) bond motifs is 2. The summed E-state index contributed by atoms with van der Waals surface area (Å²) in [6.45, 7) is 0. The van der Waals surface area contributed by atoms with Crippen molar-refractivity contribution < 1.29 is 4.79 Å². The molecule has 5 nitrogen and oxygen atoms in total. The highest BCUT2D eigenvalue weighted by atomic mass is 16.1. The Morgan fingerprint density at radius 1 is 0.963 bits per heavy atom. The largest absolute Gasteiger partial charge is 0.368 e. The number of benzene rings is 2. The first kappa shape index (κ1) is 15.8. The Kier molecular flexibility index (Phi) is 3.53. The molecule has 0 radical (unpaired) electrons. The molecule has 4 aromatic rings. The van der Waals surface area contributed by atoms with E-state index in [1.807, 2.05) is 54.6 Å². The van der Waals surface area contributed by atoms with E-state index < -0.39 is 0 Å². The van der Waals surface area contributed by atoms with E-state index in [1.54, 1.807) is 4.52 Å². The van der Waals surface area contributed by atoms with Gasteiger partial charge in [-0.05, 0) is 24.0 Å². The minimum absolute atomic E-state index is 0.124. The molecule has 1 atom stereocenters. The molecule has 27 heavy (non-hydrogen) atoms. The van der Waals surface area contributed by atoms with Crippen molar-refractivity contribution in [3.8, 4) is 11.3 Å². The van der Waals surface area contributed by atoms with Gasteiger partial charge >= 0.3 is 0 Å². The SMILES string of the molecule is Nc1nc(-c2ccccc2)c2cc3c(nn12)C[C@H](c1ccccc1)CC3=O. The zero-order chi connectivity index (χ0) is 18.4. The Balaban J connectivity index is 1.64. The van der Waals surface area contributed by atoms with Gasteiger partial charge in [-0.15, -0.1) is 0 Å². The van der Waals surface area contributed by atoms with Crippen LogP contribution in [-0.2, 0) is 6.42 Å². The molecule has 1 aliphatic carbocycles. The topological polar surface area (TPSA) is 73.3 Å². The second-order valence-corrected chi connectivity index (χ2v) is 6.93. The molecule has 0 saturated carbocycles. The summed E-state index contributed by atoms with van der Waals surface area (Å²) >= 11 is 0. The molecule has 0 saturated heterocycles. The van der Waals surface area contributed by atoms with Crippen LogP contribution in [-0.4, -0.2) is 20.4 Å². The van der Waals surface area contributed by atoms with Gasteiger partial charge in [-0.3, -0.25) is 4.79 Å². The summed E-state index contributed by atoms with van der Waals surface area (Å²) in [7, 11) is 0. The summed E-state index contributed by atoms with van der Waals surface area (Å²) in [6, 6.07) is 21.9. The number of aromatic nitrogens is 3. The van der Waals surface area contributed by atoms with Gasteiger partial charge in [0.25, 0.3) is 0 Å². The van der Waals surface area contributed by atoms with E-state index in [2.05, 4.69) is 17.1 Å². The van der Waals surface area contributed by atoms with Crippen LogP contribution in [0.1, 0.15) is 34.0 Å². The van der Waals surface area contributed by atoms with Gasteiger partial charge in [-0.1, -0.05) is 60.7 Å². The van der Waals surface area contributed by atoms with Gasteiger partial charge in [0.05, 0.1) is 11.2 Å². The molecule has 2 heterocycles. The van der Waals surface area contributed by atoms with Crippen molar-refractivity contribution >= 4 is 17.2 Å². The number of carbonyl (C=O) groups excluding carboxylic acids is 1. The van der Waals surface area contributed by atoms with Gasteiger partial charge < -0.3 is 5.73 Å². The number of nitrogens with two attached hydrogens (primary N) is 1. The van der Waals surface area contributed by atoms with E-state index in [0.717, 1.165) is 28.9 Å². The third kappa shape index (κ3) is 2.59. The predicted octanol–water partition coefficient (Wildman–Crippen LogP) is 3.89. The minimum Gasteiger partial charge on any atom is -0.368 e. The molecule has 0 unspecified atom stereocenters. The smallest absolute Gasteiger partial charge is 0.222 e. The van der Waals surface area contributed by atoms with Crippen LogP contribution < -0.4 is 5.73 Å². The lowest BCUT2D eigenvalue weighted by Gasteiger charge is -2.23. The molecular weight excluding hydrogens is 336 g/mol. The molecule has 0 amide bonds. The molecule has 2 aromatic carbocycles. The number of nitrogen functional groups attached to an aromatic ring is 1. The summed E-state index contributed by atoms with van der Waals surface area (Å²) in [6.07, 6.45) is 1.22. The number of rotatable bonds is 2. The lowest BCUT2D eigenvalue weighted by Crippen LogP contribution is -2.21. The quantitative estimate of drug-likeness (QED) is 0.593. The van der Waals surface area contributed by atoms with Crippen LogP contribution in [0.15, 0.2) is 66.7 Å². The van der Waals surface area contributed by atoms with Gasteiger partial charge in [0.15, 0.2) is 5.78 Å². The molecule has 2 N–H and O–H groups in total. The number of ketones is 1. The number of Topliss-reactive ketones (excluding diaryl/α,β-unsaturated/α-hetero) is 1. The lowest BCUT2D eigenvalue weighted by atomic mass is 9.82. The summed E-state index contributed by atoms with van der Waals surface area (Å²) in [5.41, 5.74) is 11.3. The average Bonchev–Trinajstić information content (AvgIpc) is 3.04. The molecule has 0 bridgehead atoms. The van der Waals surface area contributed by atoms with Gasteiger partial charge in [0.1, 0.15) is 5.69 Å². The molecule has 2 aromatic heterocycles. The highest BCUT2D eigenvalue weighted by Gasteiger charge is 2.29. The Labute approximate surface area is 156 Å². The van der Waals surface area contributed by atoms with E-state index in [4.69, 9.17) is 10.8 Å². The van der Waals surface area contributed by atoms with Crippen LogP contribution in [0.5, 0.6) is 0 Å². The van der Waals surface area contributed by atoms with Crippen LogP contribution >= 0.6 is 0 Å². The highest BCUT2D eigenvalue weighted by molar-refractivity contribution is 6.00. The Morgan fingerprint density at radius 3 is 2.41 bits per heavy atom. The van der Waals surface area contributed by atoms with E-state index >= 15 is 0 Å². The third-order valence-electron chi connectivity index (χ3n) is 5.22. The molecule has 5 heteroatoms. The number of hydrogen-bond acceptors (Lipinski definition) is 4. The van der Waals surface area contributed by atoms with Gasteiger partial charge in [-0.2, -0.15) is 9.61 Å². The van der Waals surface area contributed by atoms with E-state index in [9.17, 15) is 4.79 Å². The second kappa shape index (κ2) is 6.06. The van der Waals surface area contributed by atoms with Gasteiger partial charge in [0.2, 0.25) is 5.95 Å². The van der Waals surface area contributed by atoms with Crippen molar-refractivity contribution in [3.63, 3.8) is 0 Å². The fourth-order valence-corrected chi connectivity index (χ4v) is 3.87. The summed E-state index contributed by atoms with van der Waals surface area (Å²) in [5.74, 6) is 0.606. The first-order valence-corrected chi connectivity index (χ1v) is 9.02. The van der Waals surface area contributed by atoms with Crippen LogP contribution in [0.4, 0.5) is 5.95 Å². The van der Waals surface area contributed by atoms with E-state index in [-0.39, 0.29) is 11.7 Å². The van der Waals surface area contributed by atoms with Gasteiger partial charge in [0, 0.05) is 17.5 Å². The zero-order valence-electron chi connectivity index (χ0n) is 14.7. The highest BCUT2D eigenvalue weighted by Crippen LogP contribution is 2.34. The molecule has 1 aliphatic rings. The standard InChI is InChI=1S/C22H18N4O/c23-22-24-21(15-9-5-2-6-10-15)19-13-17-18(25-26(19)22)11-16(12-20(17)27)14-7-3-1-4-8-14/h1-10,13,16H,11-12H2,(H2,23,24)/t16-/m0/s1. The molecule has 0 fully saturated rings. The molecule has 5 rings (SSSR count). The second-order valence-electron chi connectivity index (χ2n) is 6.93. The van der Waals surface area contributed by atoms with Crippen LogP contribution in [0.25, 0.3) is 16.8 Å². The molecule has 0 spiro atoms. The van der Waals surface area contributed by atoms with Crippen LogP contribution in [0, 0.1) is 0 Å². The maximum atomic E-state index is 12.9.